The minimum atomic E-state index is -0.279. The third-order valence-electron chi connectivity index (χ3n) is 2.65. The lowest BCUT2D eigenvalue weighted by atomic mass is 10.1. The molecule has 1 aromatic carbocycles. The van der Waals surface area contributed by atoms with Crippen molar-refractivity contribution in [2.45, 2.75) is 6.42 Å². The highest BCUT2D eigenvalue weighted by Gasteiger charge is 2.10. The minimum absolute atomic E-state index is 0.0317. The summed E-state index contributed by atoms with van der Waals surface area (Å²) in [7, 11) is 0. The van der Waals surface area contributed by atoms with Crippen molar-refractivity contribution in [2.24, 2.45) is 0 Å². The van der Waals surface area contributed by atoms with Crippen molar-refractivity contribution >= 4 is 21.8 Å². The zero-order valence-electron chi connectivity index (χ0n) is 10.1. The van der Waals surface area contributed by atoms with Gasteiger partial charge in [0, 0.05) is 23.4 Å². The van der Waals surface area contributed by atoms with Crippen LogP contribution in [0.25, 0.3) is 0 Å². The van der Waals surface area contributed by atoms with Gasteiger partial charge in [0.25, 0.3) is 5.91 Å². The van der Waals surface area contributed by atoms with E-state index in [-0.39, 0.29) is 17.2 Å². The first kappa shape index (κ1) is 13.5. The first-order valence-electron chi connectivity index (χ1n) is 5.82. The SMILES string of the molecule is O=C(NCCc1ccncc1)c1ccc(Br)cc1O. The number of carbonyl (C=O) groups excluding carboxylic acids is 1. The van der Waals surface area contributed by atoms with Gasteiger partial charge in [0.15, 0.2) is 0 Å². The molecule has 0 bridgehead atoms. The highest BCUT2D eigenvalue weighted by atomic mass is 79.9. The fourth-order valence-electron chi connectivity index (χ4n) is 1.66. The minimum Gasteiger partial charge on any atom is -0.507 e. The van der Waals surface area contributed by atoms with E-state index in [4.69, 9.17) is 0 Å². The largest absolute Gasteiger partial charge is 0.507 e. The molecule has 2 aromatic rings. The van der Waals surface area contributed by atoms with Crippen molar-refractivity contribution in [2.75, 3.05) is 6.54 Å². The number of phenols is 1. The number of pyridine rings is 1. The number of halogens is 1. The average Bonchev–Trinajstić information content (AvgIpc) is 2.39. The molecular formula is C14H13BrN2O2. The predicted octanol–water partition coefficient (Wildman–Crippen LogP) is 2.52. The topological polar surface area (TPSA) is 62.2 Å². The van der Waals surface area contributed by atoms with Crippen LogP contribution < -0.4 is 5.32 Å². The van der Waals surface area contributed by atoms with Crippen molar-refractivity contribution in [3.63, 3.8) is 0 Å². The summed E-state index contributed by atoms with van der Waals surface area (Å²) in [4.78, 5) is 15.8. The molecule has 0 atom stereocenters. The number of nitrogens with zero attached hydrogens (tertiary/aromatic N) is 1. The van der Waals surface area contributed by atoms with E-state index in [0.717, 1.165) is 16.5 Å². The summed E-state index contributed by atoms with van der Waals surface area (Å²) < 4.78 is 0.735. The summed E-state index contributed by atoms with van der Waals surface area (Å²) >= 11 is 3.23. The van der Waals surface area contributed by atoms with E-state index in [1.807, 2.05) is 12.1 Å². The van der Waals surface area contributed by atoms with Crippen LogP contribution in [0.4, 0.5) is 0 Å². The van der Waals surface area contributed by atoms with Crippen LogP contribution in [0.1, 0.15) is 15.9 Å². The molecule has 98 valence electrons. The lowest BCUT2D eigenvalue weighted by molar-refractivity contribution is 0.0951. The van der Waals surface area contributed by atoms with E-state index in [0.29, 0.717) is 6.54 Å². The second kappa shape index (κ2) is 6.33. The van der Waals surface area contributed by atoms with Crippen LogP contribution in [0.3, 0.4) is 0 Å². The van der Waals surface area contributed by atoms with Gasteiger partial charge in [0.05, 0.1) is 5.56 Å². The second-order valence-corrected chi connectivity index (χ2v) is 4.94. The molecule has 0 aliphatic heterocycles. The normalized spacial score (nSPS) is 10.2. The molecule has 0 spiro atoms. The van der Waals surface area contributed by atoms with Gasteiger partial charge in [-0.15, -0.1) is 0 Å². The van der Waals surface area contributed by atoms with Gasteiger partial charge in [0.1, 0.15) is 5.75 Å². The van der Waals surface area contributed by atoms with Gasteiger partial charge in [-0.05, 0) is 42.3 Å². The number of nitrogens with one attached hydrogen (secondary N) is 1. The summed E-state index contributed by atoms with van der Waals surface area (Å²) in [5, 5.41) is 12.5. The van der Waals surface area contributed by atoms with Crippen molar-refractivity contribution in [1.82, 2.24) is 10.3 Å². The van der Waals surface area contributed by atoms with Crippen molar-refractivity contribution in [3.05, 3.63) is 58.3 Å². The molecule has 0 radical (unpaired) electrons. The summed E-state index contributed by atoms with van der Waals surface area (Å²) in [5.41, 5.74) is 1.38. The fourth-order valence-corrected chi connectivity index (χ4v) is 2.01. The number of hydrogen-bond acceptors (Lipinski definition) is 3. The number of hydrogen-bond donors (Lipinski definition) is 2. The van der Waals surface area contributed by atoms with Gasteiger partial charge >= 0.3 is 0 Å². The van der Waals surface area contributed by atoms with Gasteiger partial charge in [-0.3, -0.25) is 9.78 Å². The van der Waals surface area contributed by atoms with E-state index in [2.05, 4.69) is 26.2 Å². The Morgan fingerprint density at radius 2 is 2.00 bits per heavy atom. The Balaban J connectivity index is 1.91. The van der Waals surface area contributed by atoms with Crippen LogP contribution in [0.2, 0.25) is 0 Å². The molecule has 0 aliphatic carbocycles. The molecule has 2 N–H and O–H groups in total. The molecular weight excluding hydrogens is 308 g/mol. The van der Waals surface area contributed by atoms with Crippen LogP contribution in [0.5, 0.6) is 5.75 Å². The molecule has 1 aromatic heterocycles. The zero-order chi connectivity index (χ0) is 13.7. The Labute approximate surface area is 119 Å². The smallest absolute Gasteiger partial charge is 0.255 e. The maximum Gasteiger partial charge on any atom is 0.255 e. The highest BCUT2D eigenvalue weighted by molar-refractivity contribution is 9.10. The number of carbonyl (C=O) groups is 1. The molecule has 2 rings (SSSR count). The summed E-state index contributed by atoms with van der Waals surface area (Å²) in [6, 6.07) is 8.61. The summed E-state index contributed by atoms with van der Waals surface area (Å²) in [6.07, 6.45) is 4.17. The van der Waals surface area contributed by atoms with Crippen LogP contribution >= 0.6 is 15.9 Å². The lowest BCUT2D eigenvalue weighted by Gasteiger charge is -2.07. The predicted molar refractivity (Wildman–Crippen MR) is 76.1 cm³/mol. The van der Waals surface area contributed by atoms with Crippen LogP contribution in [-0.4, -0.2) is 22.5 Å². The molecule has 1 heterocycles. The van der Waals surface area contributed by atoms with E-state index in [1.54, 1.807) is 24.5 Å². The number of amides is 1. The maximum absolute atomic E-state index is 11.9. The molecule has 0 unspecified atom stereocenters. The number of aromatic hydroxyl groups is 1. The first-order chi connectivity index (χ1) is 9.16. The Bertz CT molecular complexity index is 573. The standard InChI is InChI=1S/C14H13BrN2O2/c15-11-1-2-12(13(18)9-11)14(19)17-8-5-10-3-6-16-7-4-10/h1-4,6-7,9,18H,5,8H2,(H,17,19). The van der Waals surface area contributed by atoms with Gasteiger partial charge in [-0.2, -0.15) is 0 Å². The molecule has 5 heteroatoms. The molecule has 4 nitrogen and oxygen atoms in total. The number of aromatic nitrogens is 1. The molecule has 1 amide bonds. The van der Waals surface area contributed by atoms with E-state index in [1.165, 1.54) is 6.07 Å². The van der Waals surface area contributed by atoms with E-state index < -0.39 is 0 Å². The maximum atomic E-state index is 11.9. The summed E-state index contributed by atoms with van der Waals surface area (Å²) in [5.74, 6) is -0.310. The van der Waals surface area contributed by atoms with Crippen molar-refractivity contribution < 1.29 is 9.90 Å². The van der Waals surface area contributed by atoms with Gasteiger partial charge in [-0.1, -0.05) is 15.9 Å². The van der Waals surface area contributed by atoms with Crippen LogP contribution in [0.15, 0.2) is 47.2 Å². The Morgan fingerprint density at radius 1 is 1.26 bits per heavy atom. The van der Waals surface area contributed by atoms with Crippen molar-refractivity contribution in [1.29, 1.82) is 0 Å². The Morgan fingerprint density at radius 3 is 2.68 bits per heavy atom. The van der Waals surface area contributed by atoms with Gasteiger partial charge in [-0.25, -0.2) is 0 Å². The zero-order valence-corrected chi connectivity index (χ0v) is 11.7. The number of benzene rings is 1. The Hall–Kier alpha value is -1.88. The third kappa shape index (κ3) is 3.79. The van der Waals surface area contributed by atoms with Gasteiger partial charge < -0.3 is 10.4 Å². The second-order valence-electron chi connectivity index (χ2n) is 4.02. The monoisotopic (exact) mass is 320 g/mol. The highest BCUT2D eigenvalue weighted by Crippen LogP contribution is 2.21. The quantitative estimate of drug-likeness (QED) is 0.910. The third-order valence-corrected chi connectivity index (χ3v) is 3.15. The van der Waals surface area contributed by atoms with Gasteiger partial charge in [0.2, 0.25) is 0 Å². The summed E-state index contributed by atoms with van der Waals surface area (Å²) in [6.45, 7) is 0.512. The van der Waals surface area contributed by atoms with E-state index >= 15 is 0 Å². The average molecular weight is 321 g/mol. The van der Waals surface area contributed by atoms with E-state index in [9.17, 15) is 9.90 Å². The molecule has 0 saturated heterocycles. The number of phenolic OH excluding ortho intramolecular Hbond substituents is 1. The Kier molecular flexibility index (Phi) is 4.52. The fraction of sp³-hybridized carbons (Fsp3) is 0.143. The van der Waals surface area contributed by atoms with Crippen LogP contribution in [-0.2, 0) is 6.42 Å². The lowest BCUT2D eigenvalue weighted by Crippen LogP contribution is -2.25. The van der Waals surface area contributed by atoms with Crippen LogP contribution in [0, 0.1) is 0 Å². The number of rotatable bonds is 4. The van der Waals surface area contributed by atoms with Crippen molar-refractivity contribution in [3.8, 4) is 5.75 Å². The molecule has 0 fully saturated rings. The molecule has 0 aliphatic rings. The molecule has 19 heavy (non-hydrogen) atoms. The first-order valence-corrected chi connectivity index (χ1v) is 6.62. The molecule has 0 saturated carbocycles.